The normalized spacial score (nSPS) is 17.1. The lowest BCUT2D eigenvalue weighted by atomic mass is 9.70. The number of nitrogens with two attached hydrogens (primary N) is 1. The van der Waals surface area contributed by atoms with Crippen molar-refractivity contribution in [2.24, 2.45) is 5.41 Å². The van der Waals surface area contributed by atoms with Crippen molar-refractivity contribution in [1.29, 1.82) is 0 Å². The number of carbonyl (C=O) groups is 1. The summed E-state index contributed by atoms with van der Waals surface area (Å²) >= 11 is 1.09. The first-order valence-corrected chi connectivity index (χ1v) is 9.47. The molecule has 1 aliphatic carbocycles. The van der Waals surface area contributed by atoms with E-state index in [1.165, 1.54) is 13.5 Å². The summed E-state index contributed by atoms with van der Waals surface area (Å²) in [6.45, 7) is 2.85. The van der Waals surface area contributed by atoms with Crippen LogP contribution in [0.25, 0.3) is 0 Å². The lowest BCUT2D eigenvalue weighted by Gasteiger charge is -2.38. The maximum Gasteiger partial charge on any atom is 0.263 e. The molecule has 8 heteroatoms. The highest BCUT2D eigenvalue weighted by atomic mass is 32.2. The maximum atomic E-state index is 12.0. The van der Waals surface area contributed by atoms with E-state index in [2.05, 4.69) is 17.6 Å². The van der Waals surface area contributed by atoms with E-state index in [1.807, 2.05) is 0 Å². The largest absolute Gasteiger partial charge is 0.396 e. The molecule has 6 nitrogen and oxygen atoms in total. The van der Waals surface area contributed by atoms with E-state index in [-0.39, 0.29) is 26.8 Å². The molecule has 1 aromatic heterocycles. The first kappa shape index (κ1) is 16.1. The molecule has 0 aliphatic heterocycles. The Balaban J connectivity index is 2.36. The maximum absolute atomic E-state index is 12.0. The minimum atomic E-state index is -3.50. The van der Waals surface area contributed by atoms with Crippen molar-refractivity contribution in [3.63, 3.8) is 0 Å². The molecule has 1 amide bonds. The van der Waals surface area contributed by atoms with E-state index < -0.39 is 9.84 Å². The lowest BCUT2D eigenvalue weighted by molar-refractivity contribution is 0.0968. The van der Waals surface area contributed by atoms with Gasteiger partial charge in [0.1, 0.15) is 14.8 Å². The molecule has 0 saturated heterocycles. The van der Waals surface area contributed by atoms with Crippen LogP contribution in [-0.4, -0.2) is 34.2 Å². The van der Waals surface area contributed by atoms with Crippen LogP contribution in [0.5, 0.6) is 0 Å². The first-order valence-electron chi connectivity index (χ1n) is 6.76. The molecule has 1 saturated carbocycles. The molecule has 0 radical (unpaired) electrons. The Morgan fingerprint density at radius 2 is 2.05 bits per heavy atom. The van der Waals surface area contributed by atoms with Gasteiger partial charge in [-0.2, -0.15) is 0 Å². The number of thiophene rings is 1. The van der Waals surface area contributed by atoms with Gasteiger partial charge in [0.15, 0.2) is 9.84 Å². The van der Waals surface area contributed by atoms with Crippen molar-refractivity contribution in [2.75, 3.05) is 30.9 Å². The first-order chi connectivity index (χ1) is 9.68. The van der Waals surface area contributed by atoms with Crippen LogP contribution in [0.3, 0.4) is 0 Å². The second kappa shape index (κ2) is 5.49. The van der Waals surface area contributed by atoms with Gasteiger partial charge in [-0.05, 0) is 18.3 Å². The van der Waals surface area contributed by atoms with Gasteiger partial charge in [0.25, 0.3) is 5.91 Å². The van der Waals surface area contributed by atoms with Crippen molar-refractivity contribution >= 4 is 37.8 Å². The van der Waals surface area contributed by atoms with Gasteiger partial charge >= 0.3 is 0 Å². The molecule has 21 heavy (non-hydrogen) atoms. The average Bonchev–Trinajstić information content (AvgIpc) is 2.70. The summed E-state index contributed by atoms with van der Waals surface area (Å²) in [5.41, 5.74) is 6.11. The van der Waals surface area contributed by atoms with Gasteiger partial charge in [-0.15, -0.1) is 11.3 Å². The van der Waals surface area contributed by atoms with Gasteiger partial charge < -0.3 is 16.4 Å². The van der Waals surface area contributed by atoms with Crippen LogP contribution in [0, 0.1) is 5.41 Å². The van der Waals surface area contributed by atoms with Gasteiger partial charge in [-0.1, -0.05) is 13.3 Å². The van der Waals surface area contributed by atoms with E-state index in [0.29, 0.717) is 11.5 Å². The zero-order valence-electron chi connectivity index (χ0n) is 12.4. The highest BCUT2D eigenvalue weighted by Gasteiger charge is 2.33. The fraction of sp³-hybridized carbons (Fsp3) is 0.615. The molecule has 0 atom stereocenters. The third-order valence-corrected chi connectivity index (χ3v) is 6.40. The van der Waals surface area contributed by atoms with Crippen molar-refractivity contribution in [3.8, 4) is 0 Å². The summed E-state index contributed by atoms with van der Waals surface area (Å²) in [6, 6.07) is 0. The van der Waals surface area contributed by atoms with Crippen molar-refractivity contribution in [2.45, 2.75) is 31.1 Å². The number of amides is 1. The van der Waals surface area contributed by atoms with E-state index in [4.69, 9.17) is 5.73 Å². The number of sulfone groups is 1. The van der Waals surface area contributed by atoms with Crippen LogP contribution >= 0.6 is 11.3 Å². The summed E-state index contributed by atoms with van der Waals surface area (Å²) in [6.07, 6.45) is 4.55. The standard InChI is InChI=1S/C13H21N3O3S2/c1-13(5-4-6-13)7-16-12-10(21(3,18)19)8(14)9(20-12)11(17)15-2/h16H,4-7,14H2,1-3H3,(H,15,17). The Kier molecular flexibility index (Phi) is 4.21. The zero-order valence-corrected chi connectivity index (χ0v) is 14.1. The topological polar surface area (TPSA) is 101 Å². The quantitative estimate of drug-likeness (QED) is 0.762. The van der Waals surface area contributed by atoms with Crippen LogP contribution in [0.2, 0.25) is 0 Å². The van der Waals surface area contributed by atoms with E-state index >= 15 is 0 Å². The minimum Gasteiger partial charge on any atom is -0.396 e. The molecule has 118 valence electrons. The molecule has 1 aliphatic rings. The number of rotatable bonds is 5. The fourth-order valence-corrected chi connectivity index (χ4v) is 4.96. The fourth-order valence-electron chi connectivity index (χ4n) is 2.45. The smallest absolute Gasteiger partial charge is 0.263 e. The van der Waals surface area contributed by atoms with Gasteiger partial charge in [0.05, 0.1) is 5.69 Å². The Morgan fingerprint density at radius 1 is 1.43 bits per heavy atom. The number of carbonyl (C=O) groups excluding carboxylic acids is 1. The number of hydrogen-bond acceptors (Lipinski definition) is 6. The molecule has 0 bridgehead atoms. The summed E-state index contributed by atoms with van der Waals surface area (Å²) in [7, 11) is -2.01. The summed E-state index contributed by atoms with van der Waals surface area (Å²) in [5.74, 6) is -0.370. The predicted molar refractivity (Wildman–Crippen MR) is 85.7 cm³/mol. The summed E-state index contributed by atoms with van der Waals surface area (Å²) < 4.78 is 23.9. The lowest BCUT2D eigenvalue weighted by Crippen LogP contribution is -2.33. The van der Waals surface area contributed by atoms with Gasteiger partial charge in [-0.25, -0.2) is 8.42 Å². The van der Waals surface area contributed by atoms with E-state index in [1.54, 1.807) is 0 Å². The molecular formula is C13H21N3O3S2. The number of anilines is 2. The third-order valence-electron chi connectivity index (χ3n) is 3.94. The Labute approximate surface area is 129 Å². The van der Waals surface area contributed by atoms with Crippen LogP contribution in [0.4, 0.5) is 10.7 Å². The van der Waals surface area contributed by atoms with Gasteiger partial charge in [0, 0.05) is 19.8 Å². The van der Waals surface area contributed by atoms with Crippen LogP contribution in [0.15, 0.2) is 4.90 Å². The van der Waals surface area contributed by atoms with E-state index in [9.17, 15) is 13.2 Å². The average molecular weight is 331 g/mol. The van der Waals surface area contributed by atoms with Crippen molar-refractivity contribution in [1.82, 2.24) is 5.32 Å². The molecular weight excluding hydrogens is 310 g/mol. The predicted octanol–water partition coefficient (Wildman–Crippen LogP) is 1.70. The molecule has 1 aromatic rings. The number of nitrogens with one attached hydrogen (secondary N) is 2. The van der Waals surface area contributed by atoms with Crippen molar-refractivity contribution in [3.05, 3.63) is 4.88 Å². The zero-order chi connectivity index (χ0) is 15.8. The number of nitrogen functional groups attached to an aromatic ring is 1. The second-order valence-electron chi connectivity index (χ2n) is 5.87. The molecule has 1 fully saturated rings. The summed E-state index contributed by atoms with van der Waals surface area (Å²) in [5, 5.41) is 6.12. The van der Waals surface area contributed by atoms with Crippen LogP contribution in [-0.2, 0) is 9.84 Å². The Hall–Kier alpha value is -1.28. The molecule has 0 spiro atoms. The van der Waals surface area contributed by atoms with Crippen LogP contribution < -0.4 is 16.4 Å². The molecule has 2 rings (SSSR count). The minimum absolute atomic E-state index is 0.0307. The molecule has 0 unspecified atom stereocenters. The highest BCUT2D eigenvalue weighted by molar-refractivity contribution is 7.91. The van der Waals surface area contributed by atoms with E-state index in [0.717, 1.165) is 30.4 Å². The third kappa shape index (κ3) is 3.16. The molecule has 0 aromatic carbocycles. The number of hydrogen-bond donors (Lipinski definition) is 3. The monoisotopic (exact) mass is 331 g/mol. The van der Waals surface area contributed by atoms with Gasteiger partial charge in [0.2, 0.25) is 0 Å². The van der Waals surface area contributed by atoms with Crippen molar-refractivity contribution < 1.29 is 13.2 Å². The SMILES string of the molecule is CNC(=O)c1sc(NCC2(C)CCC2)c(S(C)(=O)=O)c1N. The Bertz CT molecular complexity index is 660. The molecule has 1 heterocycles. The summed E-state index contributed by atoms with van der Waals surface area (Å²) in [4.78, 5) is 12.1. The highest BCUT2D eigenvalue weighted by Crippen LogP contribution is 2.43. The Morgan fingerprint density at radius 3 is 2.48 bits per heavy atom. The van der Waals surface area contributed by atoms with Crippen LogP contribution in [0.1, 0.15) is 35.9 Å². The second-order valence-corrected chi connectivity index (χ2v) is 8.85. The van der Waals surface area contributed by atoms with Gasteiger partial charge in [-0.3, -0.25) is 4.79 Å². The molecule has 4 N–H and O–H groups in total.